The molecule has 0 radical (unpaired) electrons. The summed E-state index contributed by atoms with van der Waals surface area (Å²) in [6, 6.07) is 5.35. The van der Waals surface area contributed by atoms with Crippen LogP contribution in [0.15, 0.2) is 18.2 Å². The van der Waals surface area contributed by atoms with E-state index < -0.39 is 11.7 Å². The first kappa shape index (κ1) is 17.5. The maximum atomic E-state index is 11.6. The lowest BCUT2D eigenvalue weighted by molar-refractivity contribution is 0.0506. The van der Waals surface area contributed by atoms with Crippen LogP contribution in [0.1, 0.15) is 50.0 Å². The monoisotopic (exact) mass is 311 g/mol. The number of rotatable bonds is 5. The summed E-state index contributed by atoms with van der Waals surface area (Å²) in [6.45, 7) is 7.39. The van der Waals surface area contributed by atoms with Gasteiger partial charge in [0.25, 0.3) is 0 Å². The number of nitrogens with one attached hydrogen (secondary N) is 1. The van der Waals surface area contributed by atoms with Crippen LogP contribution in [-0.4, -0.2) is 24.0 Å². The van der Waals surface area contributed by atoms with Crippen LogP contribution in [0.4, 0.5) is 4.79 Å². The molecule has 1 aromatic rings. The average Bonchev–Trinajstić information content (AvgIpc) is 2.35. The van der Waals surface area contributed by atoms with Gasteiger partial charge >= 0.3 is 6.09 Å². The van der Waals surface area contributed by atoms with Gasteiger partial charge < -0.3 is 10.1 Å². The van der Waals surface area contributed by atoms with Crippen molar-refractivity contribution in [1.29, 1.82) is 0 Å². The minimum absolute atomic E-state index is 0.0183. The van der Waals surface area contributed by atoms with E-state index in [1.807, 2.05) is 33.8 Å². The van der Waals surface area contributed by atoms with E-state index in [1.165, 1.54) is 0 Å². The Hall–Kier alpha value is -1.55. The van der Waals surface area contributed by atoms with Gasteiger partial charge in [0.2, 0.25) is 0 Å². The van der Waals surface area contributed by atoms with Gasteiger partial charge in [0.15, 0.2) is 6.29 Å². The van der Waals surface area contributed by atoms with E-state index in [0.29, 0.717) is 10.6 Å². The van der Waals surface area contributed by atoms with E-state index in [1.54, 1.807) is 12.1 Å². The highest BCUT2D eigenvalue weighted by molar-refractivity contribution is 6.32. The summed E-state index contributed by atoms with van der Waals surface area (Å²) in [6.07, 6.45) is 1.82. The Balaban J connectivity index is 2.48. The molecule has 4 nitrogen and oxygen atoms in total. The van der Waals surface area contributed by atoms with E-state index in [4.69, 9.17) is 16.3 Å². The lowest BCUT2D eigenvalue weighted by Crippen LogP contribution is -2.37. The Bertz CT molecular complexity index is 509. The van der Waals surface area contributed by atoms with Gasteiger partial charge in [0.05, 0.1) is 5.02 Å². The van der Waals surface area contributed by atoms with Crippen molar-refractivity contribution >= 4 is 24.0 Å². The normalized spacial score (nSPS) is 12.6. The van der Waals surface area contributed by atoms with Crippen LogP contribution in [0.3, 0.4) is 0 Å². The summed E-state index contributed by atoms with van der Waals surface area (Å²) in [7, 11) is 0. The van der Waals surface area contributed by atoms with Crippen LogP contribution in [0.2, 0.25) is 5.02 Å². The van der Waals surface area contributed by atoms with E-state index in [0.717, 1.165) is 24.7 Å². The van der Waals surface area contributed by atoms with Gasteiger partial charge in [0, 0.05) is 11.6 Å². The number of hydrogen-bond donors (Lipinski definition) is 1. The standard InChI is InChI=1S/C16H22ClNO3/c1-11(18-15(20)21-16(2,3)4)5-6-12-7-8-14(17)13(9-12)10-19/h7-11H,5-6H2,1-4H3,(H,18,20). The number of hydrogen-bond acceptors (Lipinski definition) is 3. The Labute approximate surface area is 130 Å². The average molecular weight is 312 g/mol. The molecule has 1 aromatic carbocycles. The van der Waals surface area contributed by atoms with E-state index >= 15 is 0 Å². The highest BCUT2D eigenvalue weighted by atomic mass is 35.5. The summed E-state index contributed by atoms with van der Waals surface area (Å²) in [5.41, 5.74) is 1.00. The molecule has 1 rings (SSSR count). The van der Waals surface area contributed by atoms with Gasteiger partial charge in [-0.25, -0.2) is 4.79 Å². The fourth-order valence-electron chi connectivity index (χ4n) is 1.80. The van der Waals surface area contributed by atoms with Crippen LogP contribution < -0.4 is 5.32 Å². The number of alkyl carbamates (subject to hydrolysis) is 1. The summed E-state index contributed by atoms with van der Waals surface area (Å²) in [5, 5.41) is 3.24. The van der Waals surface area contributed by atoms with Crippen LogP contribution in [-0.2, 0) is 11.2 Å². The fraction of sp³-hybridized carbons (Fsp3) is 0.500. The molecule has 0 aliphatic heterocycles. The van der Waals surface area contributed by atoms with Gasteiger partial charge in [-0.3, -0.25) is 4.79 Å². The zero-order valence-corrected chi connectivity index (χ0v) is 13.7. The molecule has 0 fully saturated rings. The van der Waals surface area contributed by atoms with Gasteiger partial charge in [0.1, 0.15) is 5.60 Å². The molecule has 0 spiro atoms. The molecular weight excluding hydrogens is 290 g/mol. The molecule has 116 valence electrons. The summed E-state index contributed by atoms with van der Waals surface area (Å²) in [5.74, 6) is 0. The number of ether oxygens (including phenoxy) is 1. The van der Waals surface area contributed by atoms with Crippen LogP contribution >= 0.6 is 11.6 Å². The molecule has 1 atom stereocenters. The van der Waals surface area contributed by atoms with Crippen LogP contribution in [0.25, 0.3) is 0 Å². The summed E-state index contributed by atoms with van der Waals surface area (Å²) < 4.78 is 5.20. The third-order valence-electron chi connectivity index (χ3n) is 2.82. The molecule has 1 N–H and O–H groups in total. The lowest BCUT2D eigenvalue weighted by Gasteiger charge is -2.22. The van der Waals surface area contributed by atoms with Crippen molar-refractivity contribution in [2.75, 3.05) is 0 Å². The third kappa shape index (κ3) is 6.63. The second kappa shape index (κ2) is 7.46. The van der Waals surface area contributed by atoms with Crippen molar-refractivity contribution in [3.63, 3.8) is 0 Å². The first-order chi connectivity index (χ1) is 9.71. The van der Waals surface area contributed by atoms with Crippen LogP contribution in [0, 0.1) is 0 Å². The number of aryl methyl sites for hydroxylation is 1. The highest BCUT2D eigenvalue weighted by Crippen LogP contribution is 2.17. The fourth-order valence-corrected chi connectivity index (χ4v) is 1.97. The molecular formula is C16H22ClNO3. The predicted octanol–water partition coefficient (Wildman–Crippen LogP) is 4.00. The van der Waals surface area contributed by atoms with Crippen molar-refractivity contribution in [1.82, 2.24) is 5.32 Å². The smallest absolute Gasteiger partial charge is 0.407 e. The quantitative estimate of drug-likeness (QED) is 0.836. The highest BCUT2D eigenvalue weighted by Gasteiger charge is 2.17. The second-order valence-corrected chi connectivity index (χ2v) is 6.47. The molecule has 21 heavy (non-hydrogen) atoms. The van der Waals surface area contributed by atoms with Crippen molar-refractivity contribution in [2.24, 2.45) is 0 Å². The minimum atomic E-state index is -0.501. The minimum Gasteiger partial charge on any atom is -0.444 e. The number of carbonyl (C=O) groups excluding carboxylic acids is 2. The summed E-state index contributed by atoms with van der Waals surface area (Å²) >= 11 is 5.88. The zero-order chi connectivity index (χ0) is 16.0. The van der Waals surface area contributed by atoms with Gasteiger partial charge in [-0.2, -0.15) is 0 Å². The number of halogens is 1. The van der Waals surface area contributed by atoms with Gasteiger partial charge in [-0.15, -0.1) is 0 Å². The molecule has 0 bridgehead atoms. The Kier molecular flexibility index (Phi) is 6.21. The summed E-state index contributed by atoms with van der Waals surface area (Å²) in [4.78, 5) is 22.5. The molecule has 1 unspecified atom stereocenters. The van der Waals surface area contributed by atoms with Gasteiger partial charge in [-0.05, 0) is 58.2 Å². The first-order valence-electron chi connectivity index (χ1n) is 6.94. The molecule has 0 aromatic heterocycles. The van der Waals surface area contributed by atoms with Gasteiger partial charge in [-0.1, -0.05) is 17.7 Å². The SMILES string of the molecule is CC(CCc1ccc(Cl)c(C=O)c1)NC(=O)OC(C)(C)C. The molecule has 5 heteroatoms. The van der Waals surface area contributed by atoms with Crippen molar-refractivity contribution in [3.8, 4) is 0 Å². The Morgan fingerprint density at radius 1 is 1.43 bits per heavy atom. The number of amides is 1. The van der Waals surface area contributed by atoms with Crippen molar-refractivity contribution in [2.45, 2.75) is 52.2 Å². The molecule has 0 heterocycles. The second-order valence-electron chi connectivity index (χ2n) is 6.06. The van der Waals surface area contributed by atoms with E-state index in [2.05, 4.69) is 5.32 Å². The molecule has 0 aliphatic rings. The van der Waals surface area contributed by atoms with E-state index in [-0.39, 0.29) is 6.04 Å². The molecule has 0 aliphatic carbocycles. The van der Waals surface area contributed by atoms with E-state index in [9.17, 15) is 9.59 Å². The largest absolute Gasteiger partial charge is 0.444 e. The number of carbonyl (C=O) groups is 2. The first-order valence-corrected chi connectivity index (χ1v) is 7.32. The predicted molar refractivity (Wildman–Crippen MR) is 84.0 cm³/mol. The Morgan fingerprint density at radius 2 is 2.10 bits per heavy atom. The molecule has 1 amide bonds. The van der Waals surface area contributed by atoms with Crippen molar-refractivity contribution in [3.05, 3.63) is 34.3 Å². The van der Waals surface area contributed by atoms with Crippen molar-refractivity contribution < 1.29 is 14.3 Å². The van der Waals surface area contributed by atoms with Crippen LogP contribution in [0.5, 0.6) is 0 Å². The number of benzene rings is 1. The zero-order valence-electron chi connectivity index (χ0n) is 12.9. The lowest BCUT2D eigenvalue weighted by atomic mass is 10.0. The topological polar surface area (TPSA) is 55.4 Å². The molecule has 0 saturated carbocycles. The maximum absolute atomic E-state index is 11.6. The molecule has 0 saturated heterocycles. The third-order valence-corrected chi connectivity index (χ3v) is 3.16. The Morgan fingerprint density at radius 3 is 2.67 bits per heavy atom. The number of aldehydes is 1. The maximum Gasteiger partial charge on any atom is 0.407 e.